The molecular weight excluding hydrogens is 396 g/mol. The molecule has 2 aromatic rings. The third-order valence-corrected chi connectivity index (χ3v) is 5.53. The van der Waals surface area contributed by atoms with Gasteiger partial charge in [-0.25, -0.2) is 9.59 Å². The summed E-state index contributed by atoms with van der Waals surface area (Å²) in [5.41, 5.74) is 4.46. The molecule has 0 aliphatic heterocycles. The normalized spacial score (nSPS) is 14.1. The second-order valence-corrected chi connectivity index (χ2v) is 7.73. The predicted octanol–water partition coefficient (Wildman–Crippen LogP) is 3.67. The minimum atomic E-state index is -1.09. The second-order valence-electron chi connectivity index (χ2n) is 7.73. The molecule has 2 amide bonds. The second kappa shape index (κ2) is 10.1. The van der Waals surface area contributed by atoms with Crippen LogP contribution in [0, 0.1) is 0 Å². The molecule has 7 nitrogen and oxygen atoms in total. The number of hydrogen-bond donors (Lipinski definition) is 3. The third kappa shape index (κ3) is 5.23. The lowest BCUT2D eigenvalue weighted by molar-refractivity contribution is -0.142. The molecule has 1 aliphatic rings. The highest BCUT2D eigenvalue weighted by Crippen LogP contribution is 2.44. The van der Waals surface area contributed by atoms with Crippen molar-refractivity contribution in [3.8, 4) is 11.1 Å². The van der Waals surface area contributed by atoms with Crippen LogP contribution < -0.4 is 10.6 Å². The zero-order valence-corrected chi connectivity index (χ0v) is 17.8. The van der Waals surface area contributed by atoms with Crippen molar-refractivity contribution in [1.29, 1.82) is 0 Å². The van der Waals surface area contributed by atoms with Gasteiger partial charge in [0.25, 0.3) is 0 Å². The molecule has 31 heavy (non-hydrogen) atoms. The Morgan fingerprint density at radius 2 is 1.58 bits per heavy atom. The van der Waals surface area contributed by atoms with E-state index in [1.54, 1.807) is 0 Å². The van der Waals surface area contributed by atoms with Gasteiger partial charge in [-0.05, 0) is 35.6 Å². The minimum Gasteiger partial charge on any atom is -0.480 e. The number of nitrogens with one attached hydrogen (secondary N) is 2. The molecule has 0 aromatic heterocycles. The van der Waals surface area contributed by atoms with E-state index in [2.05, 4.69) is 22.8 Å². The predicted molar refractivity (Wildman–Crippen MR) is 117 cm³/mol. The van der Waals surface area contributed by atoms with Gasteiger partial charge in [-0.15, -0.1) is 0 Å². The van der Waals surface area contributed by atoms with Crippen LogP contribution in [0.5, 0.6) is 0 Å². The van der Waals surface area contributed by atoms with Crippen LogP contribution in [0.1, 0.15) is 50.2 Å². The molecule has 0 radical (unpaired) electrons. The summed E-state index contributed by atoms with van der Waals surface area (Å²) in [6, 6.07) is 14.2. The lowest BCUT2D eigenvalue weighted by Crippen LogP contribution is -2.50. The first kappa shape index (κ1) is 22.3. The standard InChI is InChI=1S/C24H28N2O5/c1-3-4-13-21(23(28)29)26-22(27)15(2)25-24(30)31-14-20-18-11-7-5-9-16(18)17-10-6-8-12-19(17)20/h5-12,15,20-21H,3-4,13-14H2,1-2H3,(H,25,30)(H,26,27)(H,28,29)/t15-,21-/m0/s1. The molecule has 0 spiro atoms. The average molecular weight is 424 g/mol. The van der Waals surface area contributed by atoms with Crippen LogP contribution in [-0.2, 0) is 14.3 Å². The molecule has 164 valence electrons. The summed E-state index contributed by atoms with van der Waals surface area (Å²) < 4.78 is 5.43. The van der Waals surface area contributed by atoms with Crippen molar-refractivity contribution in [1.82, 2.24) is 10.6 Å². The van der Waals surface area contributed by atoms with Crippen LogP contribution in [0.2, 0.25) is 0 Å². The van der Waals surface area contributed by atoms with Gasteiger partial charge >= 0.3 is 12.1 Å². The van der Waals surface area contributed by atoms with Crippen LogP contribution >= 0.6 is 0 Å². The quantitative estimate of drug-likeness (QED) is 0.570. The zero-order valence-electron chi connectivity index (χ0n) is 17.8. The average Bonchev–Trinajstić information content (AvgIpc) is 3.08. The van der Waals surface area contributed by atoms with E-state index in [-0.39, 0.29) is 12.5 Å². The van der Waals surface area contributed by atoms with Gasteiger partial charge in [-0.2, -0.15) is 0 Å². The van der Waals surface area contributed by atoms with Crippen molar-refractivity contribution >= 4 is 18.0 Å². The van der Waals surface area contributed by atoms with Gasteiger partial charge in [-0.3, -0.25) is 4.79 Å². The summed E-state index contributed by atoms with van der Waals surface area (Å²) in [5.74, 6) is -1.72. The summed E-state index contributed by atoms with van der Waals surface area (Å²) >= 11 is 0. The van der Waals surface area contributed by atoms with E-state index in [9.17, 15) is 19.5 Å². The Labute approximate surface area is 181 Å². The Bertz CT molecular complexity index is 913. The van der Waals surface area contributed by atoms with Gasteiger partial charge in [0.05, 0.1) is 0 Å². The molecule has 3 rings (SSSR count). The minimum absolute atomic E-state index is 0.0762. The number of carboxylic acid groups (broad SMARTS) is 1. The van der Waals surface area contributed by atoms with E-state index < -0.39 is 30.1 Å². The van der Waals surface area contributed by atoms with E-state index in [4.69, 9.17) is 4.74 Å². The van der Waals surface area contributed by atoms with Crippen molar-refractivity contribution in [3.63, 3.8) is 0 Å². The SMILES string of the molecule is CCCC[C@H](NC(=O)[C@H](C)NC(=O)OCC1c2ccccc2-c2ccccc21)C(=O)O. The van der Waals surface area contributed by atoms with Crippen LogP contribution in [-0.4, -0.2) is 41.8 Å². The summed E-state index contributed by atoms with van der Waals surface area (Å²) in [7, 11) is 0. The number of amides is 2. The number of hydrogen-bond acceptors (Lipinski definition) is 4. The highest BCUT2D eigenvalue weighted by Gasteiger charge is 2.29. The largest absolute Gasteiger partial charge is 0.480 e. The molecule has 0 heterocycles. The van der Waals surface area contributed by atoms with E-state index in [1.165, 1.54) is 6.92 Å². The Morgan fingerprint density at radius 1 is 1.00 bits per heavy atom. The molecule has 2 aromatic carbocycles. The molecule has 0 saturated heterocycles. The molecule has 3 N–H and O–H groups in total. The number of alkyl carbamates (subject to hydrolysis) is 1. The summed E-state index contributed by atoms with van der Waals surface area (Å²) in [6.07, 6.45) is 1.14. The Kier molecular flexibility index (Phi) is 7.28. The Hall–Kier alpha value is -3.35. The van der Waals surface area contributed by atoms with Crippen LogP contribution in [0.4, 0.5) is 4.79 Å². The number of carboxylic acids is 1. The highest BCUT2D eigenvalue weighted by atomic mass is 16.5. The number of fused-ring (bicyclic) bond motifs is 3. The highest BCUT2D eigenvalue weighted by molar-refractivity contribution is 5.89. The number of aliphatic carboxylic acids is 1. The van der Waals surface area contributed by atoms with Crippen molar-refractivity contribution < 1.29 is 24.2 Å². The fourth-order valence-corrected chi connectivity index (χ4v) is 3.84. The first-order valence-electron chi connectivity index (χ1n) is 10.6. The zero-order chi connectivity index (χ0) is 22.4. The molecule has 2 atom stereocenters. The maximum atomic E-state index is 12.3. The van der Waals surface area contributed by atoms with Crippen LogP contribution in [0.25, 0.3) is 11.1 Å². The fourth-order valence-electron chi connectivity index (χ4n) is 3.84. The molecule has 0 bridgehead atoms. The Balaban J connectivity index is 1.57. The van der Waals surface area contributed by atoms with Gasteiger partial charge in [0.1, 0.15) is 18.7 Å². The monoisotopic (exact) mass is 424 g/mol. The molecule has 0 unspecified atom stereocenters. The van der Waals surface area contributed by atoms with Gasteiger partial charge in [0.15, 0.2) is 0 Å². The van der Waals surface area contributed by atoms with Gasteiger partial charge < -0.3 is 20.5 Å². The third-order valence-electron chi connectivity index (χ3n) is 5.53. The molecule has 0 fully saturated rings. The van der Waals surface area contributed by atoms with Crippen molar-refractivity contribution in [2.24, 2.45) is 0 Å². The summed E-state index contributed by atoms with van der Waals surface area (Å²) in [6.45, 7) is 3.58. The van der Waals surface area contributed by atoms with E-state index in [1.807, 2.05) is 43.3 Å². The van der Waals surface area contributed by atoms with Crippen LogP contribution in [0.15, 0.2) is 48.5 Å². The van der Waals surface area contributed by atoms with E-state index in [0.717, 1.165) is 28.7 Å². The smallest absolute Gasteiger partial charge is 0.407 e. The number of unbranched alkanes of at least 4 members (excludes halogenated alkanes) is 1. The summed E-state index contributed by atoms with van der Waals surface area (Å²) in [4.78, 5) is 35.9. The first-order chi connectivity index (χ1) is 14.9. The summed E-state index contributed by atoms with van der Waals surface area (Å²) in [5, 5.41) is 14.2. The lowest BCUT2D eigenvalue weighted by atomic mass is 9.98. The maximum Gasteiger partial charge on any atom is 0.407 e. The van der Waals surface area contributed by atoms with Gasteiger partial charge in [-0.1, -0.05) is 68.3 Å². The number of benzene rings is 2. The van der Waals surface area contributed by atoms with Crippen molar-refractivity contribution in [2.45, 2.75) is 51.1 Å². The molecule has 0 saturated carbocycles. The van der Waals surface area contributed by atoms with Gasteiger partial charge in [0, 0.05) is 5.92 Å². The number of ether oxygens (including phenoxy) is 1. The Morgan fingerprint density at radius 3 is 2.13 bits per heavy atom. The van der Waals surface area contributed by atoms with Gasteiger partial charge in [0.2, 0.25) is 5.91 Å². The number of rotatable bonds is 9. The van der Waals surface area contributed by atoms with Crippen molar-refractivity contribution in [2.75, 3.05) is 6.61 Å². The maximum absolute atomic E-state index is 12.3. The number of carbonyl (C=O) groups is 3. The lowest BCUT2D eigenvalue weighted by Gasteiger charge is -2.19. The van der Waals surface area contributed by atoms with Crippen molar-refractivity contribution in [3.05, 3.63) is 59.7 Å². The molecule has 1 aliphatic carbocycles. The molecule has 7 heteroatoms. The van der Waals surface area contributed by atoms with E-state index in [0.29, 0.717) is 12.8 Å². The van der Waals surface area contributed by atoms with E-state index >= 15 is 0 Å². The fraction of sp³-hybridized carbons (Fsp3) is 0.375. The number of carbonyl (C=O) groups excluding carboxylic acids is 2. The molecular formula is C24H28N2O5. The topological polar surface area (TPSA) is 105 Å². The van der Waals surface area contributed by atoms with Crippen LogP contribution in [0.3, 0.4) is 0 Å². The first-order valence-corrected chi connectivity index (χ1v) is 10.6.